The fourth-order valence-corrected chi connectivity index (χ4v) is 2.91. The molecule has 22 heavy (non-hydrogen) atoms. The Kier molecular flexibility index (Phi) is 4.69. The van der Waals surface area contributed by atoms with E-state index in [1.54, 1.807) is 7.11 Å². The third kappa shape index (κ3) is 3.13. The summed E-state index contributed by atoms with van der Waals surface area (Å²) in [7, 11) is 3.58. The number of ether oxygens (including phenoxy) is 2. The van der Waals surface area contributed by atoms with Gasteiger partial charge >= 0.3 is 0 Å². The summed E-state index contributed by atoms with van der Waals surface area (Å²) in [5.74, 6) is 0. The highest BCUT2D eigenvalue weighted by Crippen LogP contribution is 2.18. The van der Waals surface area contributed by atoms with Crippen molar-refractivity contribution in [3.05, 3.63) is 42.1 Å². The van der Waals surface area contributed by atoms with E-state index in [1.165, 1.54) is 0 Å². The van der Waals surface area contributed by atoms with Crippen LogP contribution in [0.1, 0.15) is 5.69 Å². The van der Waals surface area contributed by atoms with Crippen LogP contribution in [-0.2, 0) is 16.0 Å². The van der Waals surface area contributed by atoms with Crippen LogP contribution >= 0.6 is 0 Å². The normalized spacial score (nSPS) is 25.7. The number of benzene rings is 1. The molecule has 0 aliphatic carbocycles. The lowest BCUT2D eigenvalue weighted by Gasteiger charge is -2.38. The van der Waals surface area contributed by atoms with Crippen molar-refractivity contribution in [2.24, 2.45) is 0 Å². The molecule has 0 bridgehead atoms. The van der Waals surface area contributed by atoms with E-state index in [0.29, 0.717) is 19.8 Å². The second-order valence-electron chi connectivity index (χ2n) is 5.78. The molecule has 3 atom stereocenters. The number of hydrogen-bond donors (Lipinski definition) is 1. The van der Waals surface area contributed by atoms with Crippen LogP contribution < -0.4 is 0 Å². The van der Waals surface area contributed by atoms with E-state index >= 15 is 0 Å². The van der Waals surface area contributed by atoms with Crippen molar-refractivity contribution in [3.63, 3.8) is 0 Å². The van der Waals surface area contributed by atoms with Crippen LogP contribution in [0, 0.1) is 0 Å². The van der Waals surface area contributed by atoms with Crippen LogP contribution in [0.2, 0.25) is 0 Å². The first kappa shape index (κ1) is 15.4. The molecule has 0 amide bonds. The zero-order valence-corrected chi connectivity index (χ0v) is 13.0. The van der Waals surface area contributed by atoms with Gasteiger partial charge < -0.3 is 14.6 Å². The predicted molar refractivity (Wildman–Crippen MR) is 84.6 cm³/mol. The number of fused-ring (bicyclic) bond motifs is 1. The van der Waals surface area contributed by atoms with E-state index in [4.69, 9.17) is 9.47 Å². The molecule has 0 radical (unpaired) electrons. The van der Waals surface area contributed by atoms with Gasteiger partial charge in [0, 0.05) is 19.0 Å². The SMILES string of the molecule is CO[C@@H]1COC[C@@H](N(C)Cc2ccc3ccccc3n2)[C@@H]1O. The van der Waals surface area contributed by atoms with Gasteiger partial charge in [0.15, 0.2) is 0 Å². The van der Waals surface area contributed by atoms with Gasteiger partial charge in [-0.3, -0.25) is 9.88 Å². The first-order valence-electron chi connectivity index (χ1n) is 7.52. The minimum absolute atomic E-state index is 0.0908. The molecule has 1 saturated heterocycles. The van der Waals surface area contributed by atoms with Crippen LogP contribution in [0.3, 0.4) is 0 Å². The fourth-order valence-electron chi connectivity index (χ4n) is 2.91. The molecule has 1 aliphatic rings. The summed E-state index contributed by atoms with van der Waals surface area (Å²) in [6, 6.07) is 12.1. The number of nitrogens with zero attached hydrogens (tertiary/aromatic N) is 2. The molecule has 118 valence electrons. The smallest absolute Gasteiger partial charge is 0.108 e. The van der Waals surface area contributed by atoms with Gasteiger partial charge in [-0.2, -0.15) is 0 Å². The number of aliphatic hydroxyl groups excluding tert-OH is 1. The van der Waals surface area contributed by atoms with Gasteiger partial charge in [-0.05, 0) is 19.2 Å². The highest BCUT2D eigenvalue weighted by Gasteiger charge is 2.35. The number of hydrogen-bond acceptors (Lipinski definition) is 5. The minimum Gasteiger partial charge on any atom is -0.389 e. The maximum Gasteiger partial charge on any atom is 0.108 e. The summed E-state index contributed by atoms with van der Waals surface area (Å²) < 4.78 is 10.8. The summed E-state index contributed by atoms with van der Waals surface area (Å²) in [4.78, 5) is 6.76. The molecule has 0 unspecified atom stereocenters. The van der Waals surface area contributed by atoms with Crippen molar-refractivity contribution in [1.82, 2.24) is 9.88 Å². The first-order valence-corrected chi connectivity index (χ1v) is 7.52. The number of aliphatic hydroxyl groups is 1. The van der Waals surface area contributed by atoms with Gasteiger partial charge in [-0.15, -0.1) is 0 Å². The molecule has 1 aromatic carbocycles. The van der Waals surface area contributed by atoms with Gasteiger partial charge in [0.25, 0.3) is 0 Å². The first-order chi connectivity index (χ1) is 10.7. The Balaban J connectivity index is 1.73. The number of aromatic nitrogens is 1. The maximum absolute atomic E-state index is 10.4. The molecule has 0 spiro atoms. The molecule has 5 nitrogen and oxygen atoms in total. The highest BCUT2D eigenvalue weighted by molar-refractivity contribution is 5.78. The molecule has 1 aliphatic heterocycles. The van der Waals surface area contributed by atoms with Gasteiger partial charge in [0.05, 0.1) is 30.5 Å². The van der Waals surface area contributed by atoms with Crippen LogP contribution in [0.4, 0.5) is 0 Å². The number of rotatable bonds is 4. The average Bonchev–Trinajstić information content (AvgIpc) is 2.55. The largest absolute Gasteiger partial charge is 0.389 e. The Morgan fingerprint density at radius 2 is 2.09 bits per heavy atom. The lowest BCUT2D eigenvalue weighted by molar-refractivity contribution is -0.142. The van der Waals surface area contributed by atoms with Gasteiger partial charge in [0.2, 0.25) is 0 Å². The second-order valence-corrected chi connectivity index (χ2v) is 5.78. The Bertz CT molecular complexity index is 634. The summed E-state index contributed by atoms with van der Waals surface area (Å²) in [5, 5.41) is 11.5. The molecule has 1 N–H and O–H groups in total. The van der Waals surface area contributed by atoms with Gasteiger partial charge in [0.1, 0.15) is 12.2 Å². The van der Waals surface area contributed by atoms with E-state index in [-0.39, 0.29) is 12.1 Å². The molecular formula is C17H22N2O3. The van der Waals surface area contributed by atoms with Crippen molar-refractivity contribution in [3.8, 4) is 0 Å². The molecule has 2 aromatic rings. The van der Waals surface area contributed by atoms with E-state index in [9.17, 15) is 5.11 Å². The topological polar surface area (TPSA) is 54.8 Å². The molecule has 1 fully saturated rings. The summed E-state index contributed by atoms with van der Waals surface area (Å²) in [6.07, 6.45) is -0.824. The molecule has 0 saturated carbocycles. The number of likely N-dealkylation sites (N-methyl/N-ethyl adjacent to an activating group) is 1. The van der Waals surface area contributed by atoms with Crippen molar-refractivity contribution < 1.29 is 14.6 Å². The summed E-state index contributed by atoms with van der Waals surface area (Å²) >= 11 is 0. The third-order valence-corrected chi connectivity index (χ3v) is 4.28. The Hall–Kier alpha value is -1.53. The van der Waals surface area contributed by atoms with Crippen molar-refractivity contribution in [1.29, 1.82) is 0 Å². The second kappa shape index (κ2) is 6.71. The fraction of sp³-hybridized carbons (Fsp3) is 0.471. The number of pyridine rings is 1. The molecular weight excluding hydrogens is 280 g/mol. The van der Waals surface area contributed by atoms with Crippen LogP contribution in [0.25, 0.3) is 10.9 Å². The van der Waals surface area contributed by atoms with Gasteiger partial charge in [-0.25, -0.2) is 0 Å². The summed E-state index contributed by atoms with van der Waals surface area (Å²) in [5.41, 5.74) is 1.97. The zero-order chi connectivity index (χ0) is 15.5. The number of methoxy groups -OCH3 is 1. The third-order valence-electron chi connectivity index (χ3n) is 4.28. The monoisotopic (exact) mass is 302 g/mol. The zero-order valence-electron chi connectivity index (χ0n) is 13.0. The minimum atomic E-state index is -0.552. The molecule has 2 heterocycles. The molecule has 1 aromatic heterocycles. The number of para-hydroxylation sites is 1. The van der Waals surface area contributed by atoms with E-state index in [2.05, 4.69) is 22.0 Å². The van der Waals surface area contributed by atoms with E-state index in [0.717, 1.165) is 16.6 Å². The highest BCUT2D eigenvalue weighted by atomic mass is 16.5. The molecule has 5 heteroatoms. The van der Waals surface area contributed by atoms with Crippen molar-refractivity contribution in [2.45, 2.75) is 24.8 Å². The summed E-state index contributed by atoms with van der Waals surface area (Å²) in [6.45, 7) is 1.60. The van der Waals surface area contributed by atoms with Crippen LogP contribution in [0.5, 0.6) is 0 Å². The Morgan fingerprint density at radius 1 is 1.27 bits per heavy atom. The molecule has 3 rings (SSSR count). The maximum atomic E-state index is 10.4. The lowest BCUT2D eigenvalue weighted by atomic mass is 10.0. The van der Waals surface area contributed by atoms with E-state index in [1.807, 2.05) is 31.3 Å². The van der Waals surface area contributed by atoms with Crippen LogP contribution in [-0.4, -0.2) is 60.6 Å². The van der Waals surface area contributed by atoms with Crippen LogP contribution in [0.15, 0.2) is 36.4 Å². The van der Waals surface area contributed by atoms with Crippen molar-refractivity contribution in [2.75, 3.05) is 27.4 Å². The Labute approximate surface area is 130 Å². The van der Waals surface area contributed by atoms with Gasteiger partial charge in [-0.1, -0.05) is 24.3 Å². The predicted octanol–water partition coefficient (Wildman–Crippen LogP) is 1.44. The van der Waals surface area contributed by atoms with E-state index < -0.39 is 6.10 Å². The van der Waals surface area contributed by atoms with Crippen molar-refractivity contribution >= 4 is 10.9 Å². The average molecular weight is 302 g/mol. The Morgan fingerprint density at radius 3 is 2.91 bits per heavy atom. The lowest BCUT2D eigenvalue weighted by Crippen LogP contribution is -2.55. The standard InChI is InChI=1S/C17H22N2O3/c1-19(15-10-22-11-16(21-2)17(15)20)9-13-8-7-12-5-3-4-6-14(12)18-13/h3-8,15-17,20H,9-11H2,1-2H3/t15-,16-,17+/m1/s1. The quantitative estimate of drug-likeness (QED) is 0.926.